The third kappa shape index (κ3) is 4.14. The lowest BCUT2D eigenvalue weighted by Crippen LogP contribution is -2.15. The Hall–Kier alpha value is -3.47. The molecule has 1 N–H and O–H groups in total. The number of aryl methyl sites for hydroxylation is 4. The number of aromatic nitrogens is 2. The van der Waals surface area contributed by atoms with E-state index in [1.54, 1.807) is 18.2 Å². The Bertz CT molecular complexity index is 1660. The summed E-state index contributed by atoms with van der Waals surface area (Å²) in [5.41, 5.74) is 10.3. The Morgan fingerprint density at radius 2 is 1.68 bits per heavy atom. The molecule has 2 aromatic heterocycles. The van der Waals surface area contributed by atoms with Gasteiger partial charge in [0.15, 0.2) is 0 Å². The fourth-order valence-electron chi connectivity index (χ4n) is 5.42. The Morgan fingerprint density at radius 1 is 0.865 bits per heavy atom. The number of nitrogens with zero attached hydrogens (tertiary/aromatic N) is 2. The van der Waals surface area contributed by atoms with Gasteiger partial charge in [-0.15, -0.1) is 0 Å². The summed E-state index contributed by atoms with van der Waals surface area (Å²) in [6.45, 7) is 5.15. The molecule has 0 radical (unpaired) electrons. The molecular formula is C31H27Cl2N3O. The van der Waals surface area contributed by atoms with Crippen molar-refractivity contribution in [2.75, 3.05) is 5.32 Å². The molecular weight excluding hydrogens is 501 g/mol. The van der Waals surface area contributed by atoms with E-state index < -0.39 is 0 Å². The van der Waals surface area contributed by atoms with Crippen molar-refractivity contribution in [2.45, 2.75) is 39.7 Å². The highest BCUT2D eigenvalue weighted by atomic mass is 35.5. The normalized spacial score (nSPS) is 13.1. The molecule has 3 heterocycles. The van der Waals surface area contributed by atoms with Crippen molar-refractivity contribution in [2.24, 2.45) is 0 Å². The van der Waals surface area contributed by atoms with Crippen LogP contribution in [0.25, 0.3) is 28.0 Å². The summed E-state index contributed by atoms with van der Waals surface area (Å²) in [7, 11) is 0. The van der Waals surface area contributed by atoms with Gasteiger partial charge in [0.1, 0.15) is 11.3 Å². The van der Waals surface area contributed by atoms with E-state index in [-0.39, 0.29) is 5.91 Å². The van der Waals surface area contributed by atoms with Crippen molar-refractivity contribution in [3.63, 3.8) is 0 Å². The molecule has 0 fully saturated rings. The largest absolute Gasteiger partial charge is 0.325 e. The van der Waals surface area contributed by atoms with E-state index in [0.717, 1.165) is 53.8 Å². The first-order chi connectivity index (χ1) is 17.9. The number of hydrogen-bond acceptors (Lipinski definition) is 1. The van der Waals surface area contributed by atoms with E-state index in [0.29, 0.717) is 21.4 Å². The van der Waals surface area contributed by atoms with Crippen LogP contribution in [0.4, 0.5) is 5.69 Å². The molecule has 0 atom stereocenters. The third-order valence-electron chi connectivity index (χ3n) is 7.39. The summed E-state index contributed by atoms with van der Waals surface area (Å²) >= 11 is 12.4. The molecule has 0 unspecified atom stereocenters. The second kappa shape index (κ2) is 9.44. The van der Waals surface area contributed by atoms with Crippen LogP contribution in [-0.4, -0.2) is 14.9 Å². The van der Waals surface area contributed by atoms with Crippen molar-refractivity contribution in [3.05, 3.63) is 105 Å². The van der Waals surface area contributed by atoms with Gasteiger partial charge in [-0.3, -0.25) is 9.20 Å². The first-order valence-corrected chi connectivity index (χ1v) is 13.3. The van der Waals surface area contributed by atoms with Crippen LogP contribution < -0.4 is 5.32 Å². The number of benzene rings is 3. The van der Waals surface area contributed by atoms with Crippen molar-refractivity contribution in [3.8, 4) is 22.4 Å². The summed E-state index contributed by atoms with van der Waals surface area (Å²) < 4.78 is 4.48. The summed E-state index contributed by atoms with van der Waals surface area (Å²) in [5.74, 6) is -0.176. The second-order valence-corrected chi connectivity index (χ2v) is 10.6. The molecule has 1 aliphatic rings. The van der Waals surface area contributed by atoms with Gasteiger partial charge in [0, 0.05) is 29.6 Å². The van der Waals surface area contributed by atoms with E-state index in [9.17, 15) is 4.79 Å². The van der Waals surface area contributed by atoms with Crippen LogP contribution in [0.1, 0.15) is 40.0 Å². The number of anilines is 1. The first-order valence-electron chi connectivity index (χ1n) is 12.6. The number of nitrogens with one attached hydrogen (secondary N) is 1. The van der Waals surface area contributed by atoms with Crippen molar-refractivity contribution in [1.82, 2.24) is 8.97 Å². The Labute approximate surface area is 226 Å². The maximum atomic E-state index is 14.0. The molecule has 186 valence electrons. The van der Waals surface area contributed by atoms with Crippen molar-refractivity contribution >= 4 is 40.4 Å². The van der Waals surface area contributed by atoms with Gasteiger partial charge < -0.3 is 9.88 Å². The predicted molar refractivity (Wildman–Crippen MR) is 153 cm³/mol. The van der Waals surface area contributed by atoms with Gasteiger partial charge in [0.25, 0.3) is 5.91 Å². The van der Waals surface area contributed by atoms with Crippen LogP contribution in [-0.2, 0) is 13.0 Å². The lowest BCUT2D eigenvalue weighted by Gasteiger charge is -2.12. The number of halogens is 2. The molecule has 5 aromatic rings. The fraction of sp³-hybridized carbons (Fsp3) is 0.194. The van der Waals surface area contributed by atoms with E-state index in [4.69, 9.17) is 23.2 Å². The topological polar surface area (TPSA) is 38.4 Å². The Morgan fingerprint density at radius 3 is 2.43 bits per heavy atom. The molecule has 0 saturated carbocycles. The molecule has 3 aromatic carbocycles. The maximum Gasteiger partial charge on any atom is 0.273 e. The number of rotatable bonds is 4. The smallest absolute Gasteiger partial charge is 0.273 e. The van der Waals surface area contributed by atoms with Crippen molar-refractivity contribution in [1.29, 1.82) is 0 Å². The number of carbonyl (C=O) groups excluding carboxylic acids is 1. The Kier molecular flexibility index (Phi) is 6.10. The lowest BCUT2D eigenvalue weighted by atomic mass is 9.95. The Balaban J connectivity index is 1.61. The number of hydrogen-bond donors (Lipinski definition) is 1. The van der Waals surface area contributed by atoms with Crippen LogP contribution in [0.2, 0.25) is 10.0 Å². The quantitative estimate of drug-likeness (QED) is 0.249. The highest BCUT2D eigenvalue weighted by Crippen LogP contribution is 2.40. The van der Waals surface area contributed by atoms with Gasteiger partial charge in [0.2, 0.25) is 0 Å². The first kappa shape index (κ1) is 23.9. The van der Waals surface area contributed by atoms with Gasteiger partial charge in [-0.25, -0.2) is 0 Å². The standard InChI is InChI=1S/C31H27Cl2N3O/c1-19-11-12-22(16-20(19)2)28-24-10-6-7-15-35-27(21-8-4-3-5-9-21)18-36(31(24)35)29(28)30(37)34-23-13-14-25(32)26(33)17-23/h3-5,8-9,11-14,16-18H,6-7,10,15H2,1-2H3,(H,34,37). The van der Waals surface area contributed by atoms with Gasteiger partial charge >= 0.3 is 0 Å². The molecule has 6 heteroatoms. The molecule has 4 nitrogen and oxygen atoms in total. The van der Waals surface area contributed by atoms with Gasteiger partial charge in [-0.05, 0) is 73.6 Å². The zero-order valence-electron chi connectivity index (χ0n) is 20.8. The van der Waals surface area contributed by atoms with Crippen LogP contribution >= 0.6 is 23.2 Å². The summed E-state index contributed by atoms with van der Waals surface area (Å²) in [4.78, 5) is 14.0. The molecule has 0 bridgehead atoms. The van der Waals surface area contributed by atoms with Gasteiger partial charge in [0.05, 0.1) is 15.7 Å². The van der Waals surface area contributed by atoms with Crippen LogP contribution in [0, 0.1) is 13.8 Å². The lowest BCUT2D eigenvalue weighted by molar-refractivity contribution is 0.102. The highest BCUT2D eigenvalue weighted by molar-refractivity contribution is 6.42. The van der Waals surface area contributed by atoms with E-state index >= 15 is 0 Å². The number of amides is 1. The SMILES string of the molecule is Cc1ccc(-c2c3c4n(c(-c5ccccc5)cn4c2C(=O)Nc2ccc(Cl)c(Cl)c2)CCCC3)cc1C. The minimum atomic E-state index is -0.176. The zero-order chi connectivity index (χ0) is 25.7. The molecule has 6 rings (SSSR count). The van der Waals surface area contributed by atoms with Crippen molar-refractivity contribution < 1.29 is 4.79 Å². The van der Waals surface area contributed by atoms with Gasteiger partial charge in [-0.2, -0.15) is 0 Å². The van der Waals surface area contributed by atoms with Crippen LogP contribution in [0.3, 0.4) is 0 Å². The van der Waals surface area contributed by atoms with Crippen LogP contribution in [0.5, 0.6) is 0 Å². The van der Waals surface area contributed by atoms with E-state index in [2.05, 4.69) is 76.8 Å². The molecule has 1 amide bonds. The van der Waals surface area contributed by atoms with E-state index in [1.165, 1.54) is 16.7 Å². The highest BCUT2D eigenvalue weighted by Gasteiger charge is 2.29. The fourth-order valence-corrected chi connectivity index (χ4v) is 5.72. The number of imidazole rings is 1. The minimum absolute atomic E-state index is 0.176. The minimum Gasteiger partial charge on any atom is -0.325 e. The second-order valence-electron chi connectivity index (χ2n) is 9.77. The summed E-state index contributed by atoms with van der Waals surface area (Å²) in [5, 5.41) is 3.94. The monoisotopic (exact) mass is 527 g/mol. The maximum absolute atomic E-state index is 14.0. The summed E-state index contributed by atoms with van der Waals surface area (Å²) in [6.07, 6.45) is 5.20. The predicted octanol–water partition coefficient (Wildman–Crippen LogP) is 8.59. The average Bonchev–Trinajstić information content (AvgIpc) is 3.31. The molecule has 1 aliphatic heterocycles. The number of carbonyl (C=O) groups is 1. The molecule has 37 heavy (non-hydrogen) atoms. The molecule has 0 aliphatic carbocycles. The molecule has 0 spiro atoms. The summed E-state index contributed by atoms with van der Waals surface area (Å²) in [6, 6.07) is 22.0. The van der Waals surface area contributed by atoms with E-state index in [1.807, 2.05) is 6.07 Å². The average molecular weight is 528 g/mol. The third-order valence-corrected chi connectivity index (χ3v) is 8.13. The van der Waals surface area contributed by atoms with Crippen LogP contribution in [0.15, 0.2) is 72.9 Å². The molecule has 0 saturated heterocycles. The van der Waals surface area contributed by atoms with Gasteiger partial charge in [-0.1, -0.05) is 71.7 Å². The zero-order valence-corrected chi connectivity index (χ0v) is 22.3.